The fourth-order valence-electron chi connectivity index (χ4n) is 9.47. The molecule has 5 amide bonds. The standard InChI is InChI=1S/C55H70FN9O9S/c56-46-13-11-43(12-14-46)37-64-21-23-65(24-22-64)54(69)45-33-44(52(60-35-45)48(66)32-40-15-19-63(20-16-40)36-42-9-7-41(34-57)8-10-42)4-3-17-58-51(68)38-74-31-30-73-29-28-72-27-26-71-25-18-59-50(67)6-2-1-5-49-53-47(39-75-49)61-55(70)62-53/h7-14,33,35,40,47,49,53H,1-2,5-6,15-32,36-39H2,(H,58,68)(H,59,67)(H2,61,62,70). The lowest BCUT2D eigenvalue weighted by atomic mass is 9.90. The molecule has 4 aliphatic heterocycles. The first-order valence-electron chi connectivity index (χ1n) is 26.1. The quantitative estimate of drug-likeness (QED) is 0.0351. The number of fused-ring (bicyclic) bond motifs is 1. The van der Waals surface area contributed by atoms with Crippen LogP contribution in [0, 0.1) is 34.9 Å². The minimum absolute atomic E-state index is 0.00570. The van der Waals surface area contributed by atoms with Gasteiger partial charge < -0.3 is 45.1 Å². The van der Waals surface area contributed by atoms with Gasteiger partial charge in [0.1, 0.15) is 18.1 Å². The lowest BCUT2D eigenvalue weighted by Gasteiger charge is -2.34. The molecular weight excluding hydrogens is 982 g/mol. The van der Waals surface area contributed by atoms with Gasteiger partial charge in [0.2, 0.25) is 11.8 Å². The van der Waals surface area contributed by atoms with Gasteiger partial charge >= 0.3 is 6.03 Å². The summed E-state index contributed by atoms with van der Waals surface area (Å²) >= 11 is 1.88. The SMILES string of the molecule is N#Cc1ccc(CN2CCC(CC(=O)c3ncc(C(=O)N4CCN(Cc5ccc(F)cc5)CC4)cc3C#CCNC(=O)COCCOCCOCCOCCNC(=O)CCCCC3SCC4NC(=O)NC43)CC2)cc1. The maximum Gasteiger partial charge on any atom is 0.315 e. The van der Waals surface area contributed by atoms with Crippen molar-refractivity contribution in [1.82, 2.24) is 41.0 Å². The average Bonchev–Trinajstić information content (AvgIpc) is 3.99. The number of ether oxygens (including phenoxy) is 4. The van der Waals surface area contributed by atoms with Crippen molar-refractivity contribution in [3.63, 3.8) is 0 Å². The van der Waals surface area contributed by atoms with Gasteiger partial charge in [-0.05, 0) is 86.1 Å². The van der Waals surface area contributed by atoms with Gasteiger partial charge in [0.05, 0.1) is 87.6 Å². The van der Waals surface area contributed by atoms with Crippen LogP contribution in [0.25, 0.3) is 0 Å². The van der Waals surface area contributed by atoms with Crippen LogP contribution in [0.3, 0.4) is 0 Å². The van der Waals surface area contributed by atoms with Gasteiger partial charge in [0, 0.05) is 75.9 Å². The molecule has 7 rings (SSSR count). The highest BCUT2D eigenvalue weighted by Crippen LogP contribution is 2.33. The topological polar surface area (TPSA) is 217 Å². The molecule has 402 valence electrons. The third-order valence-electron chi connectivity index (χ3n) is 13.6. The van der Waals surface area contributed by atoms with E-state index in [9.17, 15) is 28.4 Å². The van der Waals surface area contributed by atoms with E-state index < -0.39 is 0 Å². The number of halogens is 1. The van der Waals surface area contributed by atoms with Crippen molar-refractivity contribution < 1.29 is 47.3 Å². The molecule has 2 aromatic carbocycles. The first kappa shape index (κ1) is 56.8. The molecule has 5 heterocycles. The van der Waals surface area contributed by atoms with Crippen molar-refractivity contribution in [1.29, 1.82) is 5.26 Å². The van der Waals surface area contributed by atoms with Crippen LogP contribution in [0.5, 0.6) is 0 Å². The highest BCUT2D eigenvalue weighted by Gasteiger charge is 2.42. The summed E-state index contributed by atoms with van der Waals surface area (Å²) in [7, 11) is 0. The van der Waals surface area contributed by atoms with E-state index in [4.69, 9.17) is 24.2 Å². The Morgan fingerprint density at radius 2 is 1.44 bits per heavy atom. The minimum atomic E-state index is -0.373. The molecule has 0 bridgehead atoms. The third kappa shape index (κ3) is 19.0. The molecule has 0 aliphatic carbocycles. The summed E-state index contributed by atoms with van der Waals surface area (Å²) in [5.41, 5.74) is 3.62. The number of unbranched alkanes of at least 4 members (excludes halogenated alkanes) is 1. The number of hydrogen-bond donors (Lipinski definition) is 4. The summed E-state index contributed by atoms with van der Waals surface area (Å²) in [6.45, 7) is 7.93. The van der Waals surface area contributed by atoms with E-state index in [2.05, 4.69) is 54.0 Å². The monoisotopic (exact) mass is 1050 g/mol. The molecule has 1 aromatic heterocycles. The van der Waals surface area contributed by atoms with Crippen LogP contribution in [0.15, 0.2) is 60.8 Å². The summed E-state index contributed by atoms with van der Waals surface area (Å²) in [4.78, 5) is 74.8. The zero-order valence-corrected chi connectivity index (χ0v) is 43.5. The van der Waals surface area contributed by atoms with Gasteiger partial charge in [-0.2, -0.15) is 17.0 Å². The predicted molar refractivity (Wildman–Crippen MR) is 280 cm³/mol. The fourth-order valence-corrected chi connectivity index (χ4v) is 11.0. The normalized spacial score (nSPS) is 18.8. The Morgan fingerprint density at radius 3 is 2.13 bits per heavy atom. The number of aromatic nitrogens is 1. The van der Waals surface area contributed by atoms with Crippen LogP contribution in [-0.4, -0.2) is 178 Å². The number of amides is 5. The Morgan fingerprint density at radius 1 is 0.787 bits per heavy atom. The molecule has 0 radical (unpaired) electrons. The summed E-state index contributed by atoms with van der Waals surface area (Å²) in [6.07, 6.45) is 6.63. The molecule has 0 saturated carbocycles. The lowest BCUT2D eigenvalue weighted by molar-refractivity contribution is -0.126. The zero-order chi connectivity index (χ0) is 52.6. The summed E-state index contributed by atoms with van der Waals surface area (Å²) in [5.74, 6) is 6.05. The number of urea groups is 1. The van der Waals surface area contributed by atoms with Crippen LogP contribution in [-0.2, 0) is 41.6 Å². The Kier molecular flexibility index (Phi) is 23.1. The number of piperidine rings is 1. The van der Waals surface area contributed by atoms with Crippen LogP contribution >= 0.6 is 11.8 Å². The number of Topliss-reactive ketones (excluding diaryl/α,β-unsaturated/α-hetero) is 1. The number of pyridine rings is 1. The maximum absolute atomic E-state index is 13.9. The molecule has 20 heteroatoms. The molecule has 18 nitrogen and oxygen atoms in total. The summed E-state index contributed by atoms with van der Waals surface area (Å²) < 4.78 is 35.5. The van der Waals surface area contributed by atoms with E-state index in [1.54, 1.807) is 23.1 Å². The number of ketones is 1. The van der Waals surface area contributed by atoms with E-state index in [0.717, 1.165) is 68.6 Å². The predicted octanol–water partition coefficient (Wildman–Crippen LogP) is 3.91. The summed E-state index contributed by atoms with van der Waals surface area (Å²) in [5, 5.41) is 21.1. The van der Waals surface area contributed by atoms with Gasteiger partial charge in [-0.15, -0.1) is 0 Å². The average molecular weight is 1050 g/mol. The first-order chi connectivity index (χ1) is 36.6. The molecule has 4 saturated heterocycles. The van der Waals surface area contributed by atoms with E-state index >= 15 is 0 Å². The molecule has 3 aromatic rings. The van der Waals surface area contributed by atoms with Crippen LogP contribution < -0.4 is 21.3 Å². The van der Waals surface area contributed by atoms with Crippen LogP contribution in [0.1, 0.15) is 88.0 Å². The van der Waals surface area contributed by atoms with Crippen LogP contribution in [0.4, 0.5) is 9.18 Å². The van der Waals surface area contributed by atoms with E-state index in [1.807, 2.05) is 36.0 Å². The summed E-state index contributed by atoms with van der Waals surface area (Å²) in [6, 6.07) is 18.1. The van der Waals surface area contributed by atoms with Crippen molar-refractivity contribution >= 4 is 41.3 Å². The Balaban J connectivity index is 0.758. The number of benzene rings is 2. The van der Waals surface area contributed by atoms with Gasteiger partial charge in [0.25, 0.3) is 5.91 Å². The van der Waals surface area contributed by atoms with Gasteiger partial charge in [-0.3, -0.25) is 34.0 Å². The Labute approximate surface area is 443 Å². The largest absolute Gasteiger partial charge is 0.377 e. The second-order valence-corrected chi connectivity index (χ2v) is 20.4. The lowest BCUT2D eigenvalue weighted by Crippen LogP contribution is -2.48. The molecule has 4 aliphatic rings. The van der Waals surface area contributed by atoms with Gasteiger partial charge in [-0.25, -0.2) is 9.18 Å². The molecule has 4 fully saturated rings. The fraction of sp³-hybridized carbons (Fsp3) is 0.545. The first-order valence-corrected chi connectivity index (χ1v) is 27.2. The smallest absolute Gasteiger partial charge is 0.315 e. The zero-order valence-electron chi connectivity index (χ0n) is 42.7. The number of nitrogens with zero attached hydrogens (tertiary/aromatic N) is 5. The molecule has 0 spiro atoms. The Hall–Kier alpha value is -5.97. The van der Waals surface area contributed by atoms with Gasteiger partial charge in [-0.1, -0.05) is 42.5 Å². The van der Waals surface area contributed by atoms with Crippen molar-refractivity contribution in [2.75, 3.05) is 111 Å². The number of carbonyl (C=O) groups excluding carboxylic acids is 5. The number of thioether (sulfide) groups is 1. The Bertz CT molecular complexity index is 2450. The maximum atomic E-state index is 13.9. The molecule has 3 atom stereocenters. The minimum Gasteiger partial charge on any atom is -0.377 e. The number of rotatable bonds is 28. The van der Waals surface area contributed by atoms with Crippen molar-refractivity contribution in [2.45, 2.75) is 75.4 Å². The second kappa shape index (κ2) is 30.5. The van der Waals surface area contributed by atoms with E-state index in [-0.39, 0.29) is 85.4 Å². The second-order valence-electron chi connectivity index (χ2n) is 19.2. The highest BCUT2D eigenvalue weighted by atomic mass is 32.2. The number of piperazine rings is 1. The number of hydrogen-bond acceptors (Lipinski definition) is 14. The number of likely N-dealkylation sites (tertiary alicyclic amines) is 1. The molecule has 4 N–H and O–H groups in total. The van der Waals surface area contributed by atoms with Crippen molar-refractivity contribution in [3.8, 4) is 17.9 Å². The molecular formula is C55H70FN9O9S. The van der Waals surface area contributed by atoms with Crippen LogP contribution in [0.2, 0.25) is 0 Å². The van der Waals surface area contributed by atoms with Crippen molar-refractivity contribution in [2.24, 2.45) is 5.92 Å². The third-order valence-corrected chi connectivity index (χ3v) is 15.2. The number of carbonyl (C=O) groups is 5. The molecule has 75 heavy (non-hydrogen) atoms. The van der Waals surface area contributed by atoms with E-state index in [1.165, 1.54) is 18.3 Å². The number of nitrogens with one attached hydrogen (secondary N) is 4. The number of nitriles is 1. The van der Waals surface area contributed by atoms with E-state index in [0.29, 0.717) is 107 Å². The highest BCUT2D eigenvalue weighted by molar-refractivity contribution is 8.00. The van der Waals surface area contributed by atoms with Gasteiger partial charge in [0.15, 0.2) is 5.78 Å². The van der Waals surface area contributed by atoms with Crippen molar-refractivity contribution in [3.05, 3.63) is 100 Å². The molecule has 3 unspecified atom stereocenters.